The molecule has 0 radical (unpaired) electrons. The summed E-state index contributed by atoms with van der Waals surface area (Å²) in [6.45, 7) is 14.0. The van der Waals surface area contributed by atoms with E-state index in [1.807, 2.05) is 0 Å². The Morgan fingerprint density at radius 3 is 2.14 bits per heavy atom. The third kappa shape index (κ3) is 8.07. The summed E-state index contributed by atoms with van der Waals surface area (Å²) in [6, 6.07) is 6.35. The minimum absolute atomic E-state index is 0.0972. The molecule has 122 valence electrons. The third-order valence-electron chi connectivity index (χ3n) is 3.64. The van der Waals surface area contributed by atoms with Gasteiger partial charge in [0.1, 0.15) is 0 Å². The summed E-state index contributed by atoms with van der Waals surface area (Å²) in [5.41, 5.74) is 0.970. The molecule has 21 heavy (non-hydrogen) atoms. The second-order valence-electron chi connectivity index (χ2n) is 6.51. The summed E-state index contributed by atoms with van der Waals surface area (Å²) in [6.07, 6.45) is -2.35. The van der Waals surface area contributed by atoms with Gasteiger partial charge in [-0.3, -0.25) is 0 Å². The SMILES string of the molecule is CC(C)(C)[Si](C)(C)OCCBr.Cc1cccc(C(F)F)c1. The molecule has 5 heteroatoms. The molecule has 1 aromatic rings. The Hall–Kier alpha value is -0.263. The van der Waals surface area contributed by atoms with Gasteiger partial charge in [0.15, 0.2) is 8.32 Å². The maximum Gasteiger partial charge on any atom is 0.263 e. The van der Waals surface area contributed by atoms with E-state index in [9.17, 15) is 8.78 Å². The molecule has 0 saturated heterocycles. The summed E-state index contributed by atoms with van der Waals surface area (Å²) < 4.78 is 29.7. The third-order valence-corrected chi connectivity index (χ3v) is 8.50. The van der Waals surface area contributed by atoms with Gasteiger partial charge in [-0.05, 0) is 25.1 Å². The van der Waals surface area contributed by atoms with Crippen LogP contribution in [0.4, 0.5) is 8.78 Å². The number of hydrogen-bond donors (Lipinski definition) is 0. The second kappa shape index (κ2) is 9.01. The van der Waals surface area contributed by atoms with E-state index in [4.69, 9.17) is 4.43 Å². The van der Waals surface area contributed by atoms with E-state index in [-0.39, 0.29) is 5.56 Å². The van der Waals surface area contributed by atoms with Crippen LogP contribution in [-0.2, 0) is 4.43 Å². The first-order chi connectivity index (χ1) is 9.51. The van der Waals surface area contributed by atoms with E-state index in [0.29, 0.717) is 5.04 Å². The molecule has 0 N–H and O–H groups in total. The fraction of sp³-hybridized carbons (Fsp3) is 0.625. The van der Waals surface area contributed by atoms with Crippen molar-refractivity contribution in [3.63, 3.8) is 0 Å². The number of rotatable bonds is 4. The van der Waals surface area contributed by atoms with Gasteiger partial charge in [0, 0.05) is 17.5 Å². The number of hydrogen-bond acceptors (Lipinski definition) is 1. The van der Waals surface area contributed by atoms with Crippen molar-refractivity contribution < 1.29 is 13.2 Å². The quantitative estimate of drug-likeness (QED) is 0.437. The lowest BCUT2D eigenvalue weighted by Gasteiger charge is -2.35. The highest BCUT2D eigenvalue weighted by atomic mass is 79.9. The largest absolute Gasteiger partial charge is 0.416 e. The molecule has 0 aromatic heterocycles. The van der Waals surface area contributed by atoms with Crippen LogP contribution in [0.5, 0.6) is 0 Å². The Morgan fingerprint density at radius 1 is 1.24 bits per heavy atom. The predicted molar refractivity (Wildman–Crippen MR) is 93.1 cm³/mol. The normalized spacial score (nSPS) is 12.1. The van der Waals surface area contributed by atoms with Gasteiger partial charge < -0.3 is 4.43 Å². The molecule has 0 aliphatic rings. The zero-order valence-corrected chi connectivity index (χ0v) is 16.4. The lowest BCUT2D eigenvalue weighted by atomic mass is 10.1. The van der Waals surface area contributed by atoms with E-state index < -0.39 is 14.7 Å². The van der Waals surface area contributed by atoms with Crippen molar-refractivity contribution >= 4 is 24.2 Å². The van der Waals surface area contributed by atoms with Gasteiger partial charge in [-0.25, -0.2) is 8.78 Å². The summed E-state index contributed by atoms with van der Waals surface area (Å²) in [7, 11) is -1.46. The summed E-state index contributed by atoms with van der Waals surface area (Å²) in [4.78, 5) is 0. The lowest BCUT2D eigenvalue weighted by Crippen LogP contribution is -2.41. The number of halogens is 3. The zero-order valence-electron chi connectivity index (χ0n) is 13.8. The van der Waals surface area contributed by atoms with Gasteiger partial charge >= 0.3 is 0 Å². The summed E-state index contributed by atoms with van der Waals surface area (Å²) in [5.74, 6) is 0. The highest BCUT2D eigenvalue weighted by Crippen LogP contribution is 2.36. The molecule has 1 nitrogen and oxygen atoms in total. The van der Waals surface area contributed by atoms with Crippen LogP contribution in [0, 0.1) is 6.92 Å². The van der Waals surface area contributed by atoms with Crippen molar-refractivity contribution in [2.24, 2.45) is 0 Å². The van der Waals surface area contributed by atoms with Crippen LogP contribution < -0.4 is 0 Å². The molecular formula is C16H27BrF2OSi. The highest BCUT2D eigenvalue weighted by Gasteiger charge is 2.36. The van der Waals surface area contributed by atoms with Gasteiger partial charge in [-0.1, -0.05) is 66.5 Å². The number of aryl methyl sites for hydroxylation is 1. The molecule has 0 aliphatic heterocycles. The summed E-state index contributed by atoms with van der Waals surface area (Å²) in [5, 5.41) is 1.29. The molecule has 0 aliphatic carbocycles. The van der Waals surface area contributed by atoms with E-state index >= 15 is 0 Å². The van der Waals surface area contributed by atoms with Gasteiger partial charge in [0.05, 0.1) is 0 Å². The van der Waals surface area contributed by atoms with Crippen molar-refractivity contribution in [3.8, 4) is 0 Å². The van der Waals surface area contributed by atoms with Crippen LogP contribution in [0.3, 0.4) is 0 Å². The molecular weight excluding hydrogens is 354 g/mol. The Labute approximate surface area is 137 Å². The summed E-state index contributed by atoms with van der Waals surface area (Å²) >= 11 is 3.37. The average molecular weight is 381 g/mol. The zero-order chi connectivity index (χ0) is 16.7. The van der Waals surface area contributed by atoms with Crippen molar-refractivity contribution in [2.45, 2.75) is 52.3 Å². The van der Waals surface area contributed by atoms with Crippen LogP contribution in [0.1, 0.15) is 38.3 Å². The smallest absolute Gasteiger partial charge is 0.263 e. The number of benzene rings is 1. The van der Waals surface area contributed by atoms with Crippen LogP contribution >= 0.6 is 15.9 Å². The topological polar surface area (TPSA) is 9.23 Å². The molecule has 0 atom stereocenters. The van der Waals surface area contributed by atoms with Gasteiger partial charge in [-0.2, -0.15) is 0 Å². The predicted octanol–water partition coefficient (Wildman–Crippen LogP) is 6.34. The molecule has 0 saturated carbocycles. The van der Waals surface area contributed by atoms with Gasteiger partial charge in [-0.15, -0.1) is 0 Å². The van der Waals surface area contributed by atoms with E-state index in [0.717, 1.165) is 17.5 Å². The van der Waals surface area contributed by atoms with Crippen molar-refractivity contribution in [1.29, 1.82) is 0 Å². The number of alkyl halides is 3. The minimum Gasteiger partial charge on any atom is -0.416 e. The fourth-order valence-corrected chi connectivity index (χ4v) is 2.82. The Balaban J connectivity index is 0.000000382. The van der Waals surface area contributed by atoms with Crippen molar-refractivity contribution in [1.82, 2.24) is 0 Å². The standard InChI is InChI=1S/C8H19BrOSi.C8H8F2/c1-8(2,3)11(4,5)10-7-6-9;1-6-3-2-4-7(5-6)8(9)10/h6-7H2,1-5H3;2-5,8H,1H3. The fourth-order valence-electron chi connectivity index (χ4n) is 1.32. The van der Waals surface area contributed by atoms with Gasteiger partial charge in [0.2, 0.25) is 0 Å². The van der Waals surface area contributed by atoms with Crippen LogP contribution in [0.15, 0.2) is 24.3 Å². The van der Waals surface area contributed by atoms with Crippen molar-refractivity contribution in [3.05, 3.63) is 35.4 Å². The first-order valence-corrected chi connectivity index (χ1v) is 11.1. The molecule has 0 amide bonds. The van der Waals surface area contributed by atoms with Crippen LogP contribution in [-0.4, -0.2) is 20.3 Å². The average Bonchev–Trinajstić information content (AvgIpc) is 2.36. The van der Waals surface area contributed by atoms with Crippen LogP contribution in [0.2, 0.25) is 18.1 Å². The second-order valence-corrected chi connectivity index (χ2v) is 12.1. The Bertz CT molecular complexity index is 417. The van der Waals surface area contributed by atoms with Crippen LogP contribution in [0.25, 0.3) is 0 Å². The first kappa shape index (κ1) is 20.7. The first-order valence-electron chi connectivity index (χ1n) is 7.06. The van der Waals surface area contributed by atoms with Crippen molar-refractivity contribution in [2.75, 3.05) is 11.9 Å². The maximum absolute atomic E-state index is 11.9. The molecule has 0 spiro atoms. The Morgan fingerprint density at radius 2 is 1.81 bits per heavy atom. The Kier molecular flexibility index (Phi) is 8.89. The monoisotopic (exact) mass is 380 g/mol. The molecule has 1 rings (SSSR count). The molecule has 0 fully saturated rings. The van der Waals surface area contributed by atoms with E-state index in [1.165, 1.54) is 12.1 Å². The van der Waals surface area contributed by atoms with E-state index in [2.05, 4.69) is 49.8 Å². The van der Waals surface area contributed by atoms with Gasteiger partial charge in [0.25, 0.3) is 6.43 Å². The minimum atomic E-state index is -2.35. The molecule has 0 heterocycles. The molecule has 0 bridgehead atoms. The lowest BCUT2D eigenvalue weighted by molar-refractivity contribution is 0.151. The maximum atomic E-state index is 11.9. The van der Waals surface area contributed by atoms with E-state index in [1.54, 1.807) is 19.1 Å². The molecule has 0 unspecified atom stereocenters. The molecule has 1 aromatic carbocycles. The highest BCUT2D eigenvalue weighted by molar-refractivity contribution is 9.09.